The number of benzene rings is 2. The van der Waals surface area contributed by atoms with E-state index in [-0.39, 0.29) is 5.91 Å². The molecule has 0 aliphatic rings. The van der Waals surface area contributed by atoms with Gasteiger partial charge in [0, 0.05) is 25.4 Å². The largest absolute Gasteiger partial charge is 0.481 e. The summed E-state index contributed by atoms with van der Waals surface area (Å²) in [6.07, 6.45) is 3.17. The van der Waals surface area contributed by atoms with Crippen LogP contribution in [0, 0.1) is 6.92 Å². The van der Waals surface area contributed by atoms with Gasteiger partial charge in [0.1, 0.15) is 5.75 Å². The second kappa shape index (κ2) is 7.87. The number of amides is 1. The SMILES string of the molecule is Cc1cccc(O[C@@H](C)C(=O)N(C)Cc2cnn(-c3ccccc3)c2)c1. The van der Waals surface area contributed by atoms with E-state index in [4.69, 9.17) is 4.74 Å². The van der Waals surface area contributed by atoms with Crippen LogP contribution in [0.3, 0.4) is 0 Å². The van der Waals surface area contributed by atoms with E-state index in [2.05, 4.69) is 5.10 Å². The lowest BCUT2D eigenvalue weighted by atomic mass is 10.2. The van der Waals surface area contributed by atoms with Crippen LogP contribution in [0.15, 0.2) is 67.0 Å². The quantitative estimate of drug-likeness (QED) is 0.683. The first kappa shape index (κ1) is 17.7. The number of rotatable bonds is 6. The molecule has 0 N–H and O–H groups in total. The zero-order chi connectivity index (χ0) is 18.5. The van der Waals surface area contributed by atoms with E-state index in [9.17, 15) is 4.79 Å². The maximum absolute atomic E-state index is 12.6. The van der Waals surface area contributed by atoms with E-state index in [0.29, 0.717) is 12.3 Å². The average Bonchev–Trinajstić information content (AvgIpc) is 3.10. The molecule has 1 atom stereocenters. The summed E-state index contributed by atoms with van der Waals surface area (Å²) in [5, 5.41) is 4.37. The Bertz CT molecular complexity index is 874. The van der Waals surface area contributed by atoms with Crippen molar-refractivity contribution < 1.29 is 9.53 Å². The maximum Gasteiger partial charge on any atom is 0.263 e. The molecule has 134 valence electrons. The molecule has 26 heavy (non-hydrogen) atoms. The molecule has 1 heterocycles. The van der Waals surface area contributed by atoms with Crippen LogP contribution in [0.5, 0.6) is 5.75 Å². The number of nitrogens with zero attached hydrogens (tertiary/aromatic N) is 3. The Morgan fingerprint density at radius 3 is 2.69 bits per heavy atom. The molecule has 1 amide bonds. The lowest BCUT2D eigenvalue weighted by Crippen LogP contribution is -2.37. The minimum absolute atomic E-state index is 0.0704. The van der Waals surface area contributed by atoms with Gasteiger partial charge in [-0.25, -0.2) is 4.68 Å². The highest BCUT2D eigenvalue weighted by atomic mass is 16.5. The van der Waals surface area contributed by atoms with Crippen LogP contribution in [-0.2, 0) is 11.3 Å². The first-order valence-electron chi connectivity index (χ1n) is 8.60. The molecule has 0 fully saturated rings. The van der Waals surface area contributed by atoms with Gasteiger partial charge in [-0.3, -0.25) is 4.79 Å². The van der Waals surface area contributed by atoms with Crippen molar-refractivity contribution in [1.82, 2.24) is 14.7 Å². The summed E-state index contributed by atoms with van der Waals surface area (Å²) in [5.41, 5.74) is 3.06. The van der Waals surface area contributed by atoms with Gasteiger partial charge in [0.25, 0.3) is 5.91 Å². The number of hydrogen-bond donors (Lipinski definition) is 0. The molecular formula is C21H23N3O2. The van der Waals surface area contributed by atoms with Gasteiger partial charge in [-0.1, -0.05) is 30.3 Å². The molecule has 1 aromatic heterocycles. The van der Waals surface area contributed by atoms with Crippen molar-refractivity contribution in [2.45, 2.75) is 26.5 Å². The lowest BCUT2D eigenvalue weighted by molar-refractivity contribution is -0.137. The standard InChI is InChI=1S/C21H23N3O2/c1-16-8-7-11-20(12-16)26-17(2)21(25)23(3)14-18-13-22-24(15-18)19-9-5-4-6-10-19/h4-13,15,17H,14H2,1-3H3/t17-/m0/s1. The topological polar surface area (TPSA) is 47.4 Å². The van der Waals surface area contributed by atoms with E-state index < -0.39 is 6.10 Å². The van der Waals surface area contributed by atoms with Crippen LogP contribution in [-0.4, -0.2) is 33.7 Å². The number of para-hydroxylation sites is 1. The van der Waals surface area contributed by atoms with Gasteiger partial charge in [-0.2, -0.15) is 5.10 Å². The van der Waals surface area contributed by atoms with Gasteiger partial charge < -0.3 is 9.64 Å². The second-order valence-electron chi connectivity index (χ2n) is 6.40. The zero-order valence-corrected chi connectivity index (χ0v) is 15.3. The van der Waals surface area contributed by atoms with E-state index in [0.717, 1.165) is 16.8 Å². The van der Waals surface area contributed by atoms with Crippen molar-refractivity contribution in [2.24, 2.45) is 0 Å². The Labute approximate surface area is 153 Å². The van der Waals surface area contributed by atoms with Crippen molar-refractivity contribution in [3.05, 3.63) is 78.1 Å². The molecule has 2 aromatic carbocycles. The summed E-state index contributed by atoms with van der Waals surface area (Å²) < 4.78 is 7.58. The minimum atomic E-state index is -0.550. The summed E-state index contributed by atoms with van der Waals surface area (Å²) in [4.78, 5) is 14.2. The summed E-state index contributed by atoms with van der Waals surface area (Å²) in [5.74, 6) is 0.634. The van der Waals surface area contributed by atoms with Crippen LogP contribution < -0.4 is 4.74 Å². The van der Waals surface area contributed by atoms with Gasteiger partial charge >= 0.3 is 0 Å². The van der Waals surface area contributed by atoms with Crippen LogP contribution in [0.2, 0.25) is 0 Å². The Kier molecular flexibility index (Phi) is 5.37. The fraction of sp³-hybridized carbons (Fsp3) is 0.238. The fourth-order valence-electron chi connectivity index (χ4n) is 2.77. The van der Waals surface area contributed by atoms with Crippen molar-refractivity contribution >= 4 is 5.91 Å². The highest BCUT2D eigenvalue weighted by Crippen LogP contribution is 2.16. The Morgan fingerprint density at radius 1 is 1.19 bits per heavy atom. The van der Waals surface area contributed by atoms with E-state index in [1.54, 1.807) is 29.7 Å². The highest BCUT2D eigenvalue weighted by Gasteiger charge is 2.20. The number of aryl methyl sites for hydroxylation is 1. The predicted molar refractivity (Wildman–Crippen MR) is 101 cm³/mol. The molecule has 0 bridgehead atoms. The van der Waals surface area contributed by atoms with Crippen molar-refractivity contribution in [3.8, 4) is 11.4 Å². The van der Waals surface area contributed by atoms with E-state index >= 15 is 0 Å². The maximum atomic E-state index is 12.6. The average molecular weight is 349 g/mol. The molecule has 0 spiro atoms. The molecule has 0 aliphatic carbocycles. The highest BCUT2D eigenvalue weighted by molar-refractivity contribution is 5.80. The summed E-state index contributed by atoms with van der Waals surface area (Å²) >= 11 is 0. The Balaban J connectivity index is 1.61. The molecule has 5 nitrogen and oxygen atoms in total. The van der Waals surface area contributed by atoms with Crippen LogP contribution in [0.25, 0.3) is 5.69 Å². The molecule has 0 aliphatic heterocycles. The van der Waals surface area contributed by atoms with Gasteiger partial charge in [-0.05, 0) is 43.7 Å². The minimum Gasteiger partial charge on any atom is -0.481 e. The van der Waals surface area contributed by atoms with E-state index in [1.165, 1.54) is 0 Å². The summed E-state index contributed by atoms with van der Waals surface area (Å²) in [6.45, 7) is 4.25. The van der Waals surface area contributed by atoms with Crippen LogP contribution >= 0.6 is 0 Å². The third kappa shape index (κ3) is 4.30. The number of ether oxygens (including phenoxy) is 1. The van der Waals surface area contributed by atoms with Gasteiger partial charge in [0.15, 0.2) is 6.10 Å². The van der Waals surface area contributed by atoms with E-state index in [1.807, 2.05) is 67.7 Å². The first-order valence-corrected chi connectivity index (χ1v) is 8.60. The zero-order valence-electron chi connectivity index (χ0n) is 15.3. The van der Waals surface area contributed by atoms with Crippen molar-refractivity contribution in [2.75, 3.05) is 7.05 Å². The molecule has 3 rings (SSSR count). The number of carbonyl (C=O) groups is 1. The van der Waals surface area contributed by atoms with Crippen LogP contribution in [0.1, 0.15) is 18.1 Å². The monoisotopic (exact) mass is 349 g/mol. The molecular weight excluding hydrogens is 326 g/mol. The summed E-state index contributed by atoms with van der Waals surface area (Å²) in [7, 11) is 1.78. The smallest absolute Gasteiger partial charge is 0.263 e. The third-order valence-electron chi connectivity index (χ3n) is 4.10. The molecule has 5 heteroatoms. The van der Waals surface area contributed by atoms with Gasteiger partial charge in [0.2, 0.25) is 0 Å². The molecule has 0 saturated heterocycles. The molecule has 0 saturated carbocycles. The Morgan fingerprint density at radius 2 is 1.96 bits per heavy atom. The number of carbonyl (C=O) groups excluding carboxylic acids is 1. The molecule has 3 aromatic rings. The first-order chi connectivity index (χ1) is 12.5. The normalized spacial score (nSPS) is 11.8. The molecule has 0 unspecified atom stereocenters. The predicted octanol–water partition coefficient (Wildman–Crippen LogP) is 3.61. The van der Waals surface area contributed by atoms with Gasteiger partial charge in [0.05, 0.1) is 11.9 Å². The van der Waals surface area contributed by atoms with Crippen LogP contribution in [0.4, 0.5) is 0 Å². The van der Waals surface area contributed by atoms with Crippen molar-refractivity contribution in [3.63, 3.8) is 0 Å². The number of likely N-dealkylation sites (N-methyl/N-ethyl adjacent to an activating group) is 1. The fourth-order valence-corrected chi connectivity index (χ4v) is 2.77. The second-order valence-corrected chi connectivity index (χ2v) is 6.40. The van der Waals surface area contributed by atoms with Gasteiger partial charge in [-0.15, -0.1) is 0 Å². The summed E-state index contributed by atoms with van der Waals surface area (Å²) in [6, 6.07) is 17.6. The number of aromatic nitrogens is 2. The molecule has 0 radical (unpaired) electrons. The lowest BCUT2D eigenvalue weighted by Gasteiger charge is -2.21. The third-order valence-corrected chi connectivity index (χ3v) is 4.10. The number of hydrogen-bond acceptors (Lipinski definition) is 3. The van der Waals surface area contributed by atoms with Crippen molar-refractivity contribution in [1.29, 1.82) is 0 Å². The Hall–Kier alpha value is -3.08.